The summed E-state index contributed by atoms with van der Waals surface area (Å²) in [6.07, 6.45) is 3.73. The van der Waals surface area contributed by atoms with Crippen LogP contribution in [-0.2, 0) is 9.53 Å². The molecule has 1 heterocycles. The Bertz CT molecular complexity index is 267. The van der Waals surface area contributed by atoms with Gasteiger partial charge in [0.2, 0.25) is 5.91 Å². The molecule has 1 amide bonds. The minimum Gasteiger partial charge on any atom is -0.374 e. The summed E-state index contributed by atoms with van der Waals surface area (Å²) in [6.45, 7) is 7.18. The van der Waals surface area contributed by atoms with Crippen molar-refractivity contribution in [1.29, 1.82) is 0 Å². The summed E-state index contributed by atoms with van der Waals surface area (Å²) in [7, 11) is 3.62. The average molecular weight is 256 g/mol. The molecule has 0 aromatic rings. The summed E-state index contributed by atoms with van der Waals surface area (Å²) in [6, 6.07) is -0.0838. The van der Waals surface area contributed by atoms with Gasteiger partial charge in [-0.2, -0.15) is 0 Å². The molecule has 0 aromatic carbocycles. The second-order valence-electron chi connectivity index (χ2n) is 5.97. The molecule has 1 saturated heterocycles. The SMILES string of the molecule is CC(C)CC(NCC1CCC(C)O1)C(=O)N(C)C. The molecule has 4 heteroatoms. The van der Waals surface area contributed by atoms with Crippen LogP contribution >= 0.6 is 0 Å². The molecular formula is C14H28N2O2. The van der Waals surface area contributed by atoms with Crippen LogP contribution in [0.5, 0.6) is 0 Å². The molecule has 1 rings (SSSR count). The van der Waals surface area contributed by atoms with E-state index < -0.39 is 0 Å². The Morgan fingerprint density at radius 2 is 2.06 bits per heavy atom. The number of likely N-dealkylation sites (N-methyl/N-ethyl adjacent to an activating group) is 1. The Kier molecular flexibility index (Phi) is 6.09. The van der Waals surface area contributed by atoms with Gasteiger partial charge in [0.1, 0.15) is 0 Å². The van der Waals surface area contributed by atoms with E-state index in [2.05, 4.69) is 26.1 Å². The van der Waals surface area contributed by atoms with Crippen LogP contribution in [0.2, 0.25) is 0 Å². The number of nitrogens with one attached hydrogen (secondary N) is 1. The largest absolute Gasteiger partial charge is 0.374 e. The molecule has 4 nitrogen and oxygen atoms in total. The standard InChI is InChI=1S/C14H28N2O2/c1-10(2)8-13(14(17)16(4)5)15-9-12-7-6-11(3)18-12/h10-13,15H,6-9H2,1-5H3. The number of hydrogen-bond donors (Lipinski definition) is 1. The van der Waals surface area contributed by atoms with Gasteiger partial charge in [-0.15, -0.1) is 0 Å². The predicted molar refractivity (Wildman–Crippen MR) is 73.5 cm³/mol. The normalized spacial score (nSPS) is 25.4. The van der Waals surface area contributed by atoms with Gasteiger partial charge in [-0.3, -0.25) is 4.79 Å². The summed E-state index contributed by atoms with van der Waals surface area (Å²) in [5.74, 6) is 0.671. The van der Waals surface area contributed by atoms with Crippen LogP contribution < -0.4 is 5.32 Å². The van der Waals surface area contributed by atoms with E-state index >= 15 is 0 Å². The van der Waals surface area contributed by atoms with E-state index in [9.17, 15) is 4.79 Å². The Morgan fingerprint density at radius 3 is 2.50 bits per heavy atom. The Morgan fingerprint density at radius 1 is 1.39 bits per heavy atom. The van der Waals surface area contributed by atoms with Crippen molar-refractivity contribution < 1.29 is 9.53 Å². The Hall–Kier alpha value is -0.610. The van der Waals surface area contributed by atoms with Gasteiger partial charge >= 0.3 is 0 Å². The third-order valence-corrected chi connectivity index (χ3v) is 3.36. The van der Waals surface area contributed by atoms with Gasteiger partial charge in [-0.05, 0) is 32.1 Å². The monoisotopic (exact) mass is 256 g/mol. The molecule has 1 fully saturated rings. The molecule has 0 aromatic heterocycles. The molecule has 1 aliphatic heterocycles. The van der Waals surface area contributed by atoms with Crippen LogP contribution in [0.4, 0.5) is 0 Å². The van der Waals surface area contributed by atoms with Crippen molar-refractivity contribution in [2.24, 2.45) is 5.92 Å². The molecule has 3 unspecified atom stereocenters. The number of ether oxygens (including phenoxy) is 1. The quantitative estimate of drug-likeness (QED) is 0.785. The molecule has 3 atom stereocenters. The molecule has 1 N–H and O–H groups in total. The summed E-state index contributed by atoms with van der Waals surface area (Å²) in [5, 5.41) is 3.38. The van der Waals surface area contributed by atoms with E-state index in [0.717, 1.165) is 25.8 Å². The van der Waals surface area contributed by atoms with Crippen molar-refractivity contribution in [2.45, 2.75) is 58.3 Å². The highest BCUT2D eigenvalue weighted by atomic mass is 16.5. The summed E-state index contributed by atoms with van der Waals surface area (Å²) < 4.78 is 5.77. The lowest BCUT2D eigenvalue weighted by Crippen LogP contribution is -2.46. The number of carbonyl (C=O) groups excluding carboxylic acids is 1. The molecule has 106 valence electrons. The minimum absolute atomic E-state index is 0.0838. The zero-order chi connectivity index (χ0) is 13.7. The topological polar surface area (TPSA) is 41.6 Å². The fourth-order valence-corrected chi connectivity index (χ4v) is 2.36. The van der Waals surface area contributed by atoms with Crippen LogP contribution in [0.3, 0.4) is 0 Å². The van der Waals surface area contributed by atoms with Gasteiger partial charge in [0, 0.05) is 20.6 Å². The predicted octanol–water partition coefficient (Wildman–Crippen LogP) is 1.65. The highest BCUT2D eigenvalue weighted by Gasteiger charge is 2.25. The second kappa shape index (κ2) is 7.10. The highest BCUT2D eigenvalue weighted by molar-refractivity contribution is 5.81. The maximum atomic E-state index is 12.1. The van der Waals surface area contributed by atoms with Crippen molar-refractivity contribution in [1.82, 2.24) is 10.2 Å². The Balaban J connectivity index is 2.43. The number of carbonyl (C=O) groups is 1. The average Bonchev–Trinajstić information content (AvgIpc) is 2.68. The third-order valence-electron chi connectivity index (χ3n) is 3.36. The van der Waals surface area contributed by atoms with Crippen LogP contribution in [0.25, 0.3) is 0 Å². The number of amides is 1. The van der Waals surface area contributed by atoms with E-state index in [0.29, 0.717) is 12.0 Å². The van der Waals surface area contributed by atoms with Gasteiger partial charge in [-0.1, -0.05) is 13.8 Å². The van der Waals surface area contributed by atoms with Crippen LogP contribution in [-0.4, -0.2) is 49.7 Å². The van der Waals surface area contributed by atoms with Gasteiger partial charge in [-0.25, -0.2) is 0 Å². The second-order valence-corrected chi connectivity index (χ2v) is 5.97. The fraction of sp³-hybridized carbons (Fsp3) is 0.929. The van der Waals surface area contributed by atoms with Crippen molar-refractivity contribution in [3.05, 3.63) is 0 Å². The van der Waals surface area contributed by atoms with E-state index in [1.54, 1.807) is 4.90 Å². The van der Waals surface area contributed by atoms with Crippen molar-refractivity contribution in [2.75, 3.05) is 20.6 Å². The van der Waals surface area contributed by atoms with Crippen molar-refractivity contribution in [3.8, 4) is 0 Å². The number of hydrogen-bond acceptors (Lipinski definition) is 3. The molecule has 0 aliphatic carbocycles. The van der Waals surface area contributed by atoms with Crippen LogP contribution in [0, 0.1) is 5.92 Å². The lowest BCUT2D eigenvalue weighted by atomic mass is 10.0. The molecule has 0 radical (unpaired) electrons. The van der Waals surface area contributed by atoms with E-state index in [1.807, 2.05) is 14.1 Å². The maximum Gasteiger partial charge on any atom is 0.239 e. The van der Waals surface area contributed by atoms with Gasteiger partial charge in [0.25, 0.3) is 0 Å². The first-order valence-corrected chi connectivity index (χ1v) is 7.00. The van der Waals surface area contributed by atoms with Crippen molar-refractivity contribution >= 4 is 5.91 Å². The molecule has 0 bridgehead atoms. The smallest absolute Gasteiger partial charge is 0.239 e. The molecule has 0 saturated carbocycles. The lowest BCUT2D eigenvalue weighted by molar-refractivity contribution is -0.131. The molecule has 0 spiro atoms. The number of rotatable bonds is 6. The zero-order valence-corrected chi connectivity index (χ0v) is 12.4. The van der Waals surface area contributed by atoms with E-state index in [1.165, 1.54) is 0 Å². The van der Waals surface area contributed by atoms with Gasteiger partial charge in [0.05, 0.1) is 18.2 Å². The van der Waals surface area contributed by atoms with Crippen molar-refractivity contribution in [3.63, 3.8) is 0 Å². The fourth-order valence-electron chi connectivity index (χ4n) is 2.36. The third kappa shape index (κ3) is 4.94. The zero-order valence-electron chi connectivity index (χ0n) is 12.4. The maximum absolute atomic E-state index is 12.1. The Labute approximate surface area is 111 Å². The molecular weight excluding hydrogens is 228 g/mol. The van der Waals surface area contributed by atoms with Crippen LogP contribution in [0.15, 0.2) is 0 Å². The summed E-state index contributed by atoms with van der Waals surface area (Å²) in [4.78, 5) is 13.7. The van der Waals surface area contributed by atoms with E-state index in [-0.39, 0.29) is 18.1 Å². The lowest BCUT2D eigenvalue weighted by Gasteiger charge is -2.24. The van der Waals surface area contributed by atoms with E-state index in [4.69, 9.17) is 4.74 Å². The first kappa shape index (κ1) is 15.4. The van der Waals surface area contributed by atoms with Gasteiger partial charge < -0.3 is 15.0 Å². The molecule has 18 heavy (non-hydrogen) atoms. The first-order valence-electron chi connectivity index (χ1n) is 7.00. The molecule has 1 aliphatic rings. The summed E-state index contributed by atoms with van der Waals surface area (Å²) >= 11 is 0. The van der Waals surface area contributed by atoms with Gasteiger partial charge in [0.15, 0.2) is 0 Å². The first-order chi connectivity index (χ1) is 8.40. The summed E-state index contributed by atoms with van der Waals surface area (Å²) in [5.41, 5.74) is 0. The minimum atomic E-state index is -0.0838. The number of nitrogens with zero attached hydrogens (tertiary/aromatic N) is 1. The highest BCUT2D eigenvalue weighted by Crippen LogP contribution is 2.18. The van der Waals surface area contributed by atoms with Crippen LogP contribution in [0.1, 0.15) is 40.0 Å².